The molecule has 0 saturated carbocycles. The molecule has 2 aromatic heterocycles. The Morgan fingerprint density at radius 3 is 1.67 bits per heavy atom. The molecule has 2 aromatic carbocycles. The summed E-state index contributed by atoms with van der Waals surface area (Å²) in [6.45, 7) is 12.3. The van der Waals surface area contributed by atoms with E-state index in [2.05, 4.69) is 57.2 Å². The quantitative estimate of drug-likeness (QED) is 0.0888. The van der Waals surface area contributed by atoms with E-state index in [9.17, 15) is 14.4 Å². The number of halogens is 5. The molecular formula is C39H49Cl5N12O4. The molecule has 16 nitrogen and oxygen atoms in total. The SMILES string of the molecule is Cc1cc(NC2CCCN(C(=O)OC(C)(C)C)C2)nc(NC(=O)Nc2ccc(Cl)c(Cl)c2)n1.Cc1cc(NC2CCCNC2)nc(NC(=O)Nc2ccc(Cl)c(Cl)c2)n1.Cl. The second-order valence-electron chi connectivity index (χ2n) is 14.9. The van der Waals surface area contributed by atoms with Crippen molar-refractivity contribution in [3.63, 3.8) is 0 Å². The van der Waals surface area contributed by atoms with Crippen molar-refractivity contribution in [1.29, 1.82) is 0 Å². The van der Waals surface area contributed by atoms with E-state index in [1.54, 1.807) is 47.4 Å². The molecule has 0 spiro atoms. The number of aryl methyl sites for hydroxylation is 2. The largest absolute Gasteiger partial charge is 0.444 e. The third kappa shape index (κ3) is 15.8. The molecule has 2 saturated heterocycles. The molecule has 2 fully saturated rings. The highest BCUT2D eigenvalue weighted by atomic mass is 35.5. The summed E-state index contributed by atoms with van der Waals surface area (Å²) in [6.07, 6.45) is 3.60. The van der Waals surface area contributed by atoms with Crippen LogP contribution in [0.5, 0.6) is 0 Å². The maximum absolute atomic E-state index is 12.4. The van der Waals surface area contributed by atoms with E-state index in [4.69, 9.17) is 51.1 Å². The Balaban J connectivity index is 0.000000267. The number of amides is 5. The number of rotatable bonds is 8. The van der Waals surface area contributed by atoms with Crippen LogP contribution < -0.4 is 37.2 Å². The van der Waals surface area contributed by atoms with E-state index in [1.165, 1.54) is 0 Å². The zero-order valence-corrected chi connectivity index (χ0v) is 37.6. The number of nitrogens with one attached hydrogen (secondary N) is 7. The molecular weight excluding hydrogens is 878 g/mol. The minimum atomic E-state index is -0.542. The summed E-state index contributed by atoms with van der Waals surface area (Å²) in [5.74, 6) is 1.63. The number of piperidine rings is 2. The van der Waals surface area contributed by atoms with Gasteiger partial charge in [0.25, 0.3) is 0 Å². The second-order valence-corrected chi connectivity index (χ2v) is 16.6. The Bertz CT molecular complexity index is 2120. The van der Waals surface area contributed by atoms with Gasteiger partial charge in [-0.3, -0.25) is 10.6 Å². The first kappa shape index (κ1) is 48.1. The summed E-state index contributed by atoms with van der Waals surface area (Å²) in [5, 5.41) is 22.2. The number of carbonyl (C=O) groups is 3. The molecule has 6 rings (SSSR count). The number of ether oxygens (including phenoxy) is 1. The third-order valence-electron chi connectivity index (χ3n) is 8.59. The fourth-order valence-corrected chi connectivity index (χ4v) is 6.65. The Hall–Kier alpha value is -4.58. The van der Waals surface area contributed by atoms with Crippen molar-refractivity contribution in [1.82, 2.24) is 30.2 Å². The molecule has 2 unspecified atom stereocenters. The minimum absolute atomic E-state index is 0. The highest BCUT2D eigenvalue weighted by Gasteiger charge is 2.28. The topological polar surface area (TPSA) is 199 Å². The van der Waals surface area contributed by atoms with Crippen LogP contribution in [0.1, 0.15) is 57.8 Å². The molecule has 2 aliphatic heterocycles. The molecule has 4 heterocycles. The number of benzene rings is 2. The van der Waals surface area contributed by atoms with Crippen LogP contribution in [-0.4, -0.2) is 86.9 Å². The average Bonchev–Trinajstić information content (AvgIpc) is 3.14. The van der Waals surface area contributed by atoms with Crippen molar-refractivity contribution in [3.8, 4) is 0 Å². The molecule has 60 heavy (non-hydrogen) atoms. The summed E-state index contributed by atoms with van der Waals surface area (Å²) >= 11 is 23.7. The summed E-state index contributed by atoms with van der Waals surface area (Å²) in [6, 6.07) is 12.6. The first-order valence-corrected chi connectivity index (χ1v) is 20.5. The second kappa shape index (κ2) is 22.3. The van der Waals surface area contributed by atoms with Gasteiger partial charge >= 0.3 is 18.2 Å². The summed E-state index contributed by atoms with van der Waals surface area (Å²) in [7, 11) is 0. The van der Waals surface area contributed by atoms with Gasteiger partial charge in [0.15, 0.2) is 0 Å². The lowest BCUT2D eigenvalue weighted by atomic mass is 10.1. The van der Waals surface area contributed by atoms with Gasteiger partial charge in [-0.25, -0.2) is 24.4 Å². The Morgan fingerprint density at radius 2 is 1.20 bits per heavy atom. The first-order valence-electron chi connectivity index (χ1n) is 19.0. The van der Waals surface area contributed by atoms with E-state index >= 15 is 0 Å². The van der Waals surface area contributed by atoms with Crippen molar-refractivity contribution in [3.05, 3.63) is 80.0 Å². The number of aromatic nitrogens is 4. The van der Waals surface area contributed by atoms with Gasteiger partial charge in [-0.15, -0.1) is 12.4 Å². The van der Waals surface area contributed by atoms with Gasteiger partial charge in [-0.2, -0.15) is 9.97 Å². The van der Waals surface area contributed by atoms with Crippen LogP contribution in [0.15, 0.2) is 48.5 Å². The highest BCUT2D eigenvalue weighted by Crippen LogP contribution is 2.27. The minimum Gasteiger partial charge on any atom is -0.444 e. The van der Waals surface area contributed by atoms with Crippen LogP contribution in [0.4, 0.5) is 49.3 Å². The predicted octanol–water partition coefficient (Wildman–Crippen LogP) is 9.87. The Morgan fingerprint density at radius 1 is 0.700 bits per heavy atom. The number of hydrogen-bond donors (Lipinski definition) is 7. The van der Waals surface area contributed by atoms with E-state index in [0.29, 0.717) is 67.9 Å². The van der Waals surface area contributed by atoms with Crippen molar-refractivity contribution in [2.45, 2.75) is 78.0 Å². The summed E-state index contributed by atoms with van der Waals surface area (Å²) < 4.78 is 5.48. The summed E-state index contributed by atoms with van der Waals surface area (Å²) in [4.78, 5) is 55.9. The lowest BCUT2D eigenvalue weighted by molar-refractivity contribution is 0.0206. The standard InChI is InChI=1S/C22H28Cl2N6O3.C17H20Cl2N6O.ClH/c1-13-10-18(26-15-6-5-9-30(12-15)21(32)33-22(2,3)4)28-19(25-13)29-20(31)27-14-7-8-16(23)17(24)11-14;1-10-7-15(22-12-3-2-6-20-9-12)24-16(21-10)25-17(26)23-11-4-5-13(18)14(19)8-11;/h7-8,10-11,15H,5-6,9,12H2,1-4H3,(H3,25,26,27,28,29,31);4-5,7-8,12,20H,2-3,6,9H2,1H3,(H3,21,22,23,24,25,26);1H. The van der Waals surface area contributed by atoms with Gasteiger partial charge in [0.2, 0.25) is 11.9 Å². The molecule has 324 valence electrons. The van der Waals surface area contributed by atoms with Gasteiger partial charge in [0, 0.05) is 66.6 Å². The fraction of sp³-hybridized carbons (Fsp3) is 0.410. The summed E-state index contributed by atoms with van der Waals surface area (Å²) in [5.41, 5.74) is 1.90. The van der Waals surface area contributed by atoms with Crippen molar-refractivity contribution in [2.24, 2.45) is 0 Å². The average molecular weight is 927 g/mol. The number of nitrogens with zero attached hydrogens (tertiary/aromatic N) is 5. The number of carbonyl (C=O) groups excluding carboxylic acids is 3. The van der Waals surface area contributed by atoms with Crippen LogP contribution in [0.3, 0.4) is 0 Å². The zero-order valence-electron chi connectivity index (χ0n) is 33.7. The normalized spacial score (nSPS) is 16.2. The first-order chi connectivity index (χ1) is 28.0. The van der Waals surface area contributed by atoms with Gasteiger partial charge in [-0.1, -0.05) is 46.4 Å². The molecule has 5 amide bonds. The molecule has 7 N–H and O–H groups in total. The van der Waals surface area contributed by atoms with Gasteiger partial charge in [0.1, 0.15) is 17.2 Å². The monoisotopic (exact) mass is 924 g/mol. The maximum atomic E-state index is 12.4. The van der Waals surface area contributed by atoms with Crippen LogP contribution in [-0.2, 0) is 4.74 Å². The fourth-order valence-electron chi connectivity index (χ4n) is 6.05. The smallest absolute Gasteiger partial charge is 0.410 e. The van der Waals surface area contributed by atoms with Crippen LogP contribution in [0.25, 0.3) is 0 Å². The number of anilines is 6. The third-order valence-corrected chi connectivity index (χ3v) is 10.1. The van der Waals surface area contributed by atoms with Crippen molar-refractivity contribution >= 4 is 112 Å². The van der Waals surface area contributed by atoms with Gasteiger partial charge < -0.3 is 36.2 Å². The molecule has 0 aliphatic carbocycles. The number of urea groups is 2. The molecule has 4 aromatic rings. The lowest BCUT2D eigenvalue weighted by Gasteiger charge is -2.34. The highest BCUT2D eigenvalue weighted by molar-refractivity contribution is 6.42. The predicted molar refractivity (Wildman–Crippen MR) is 243 cm³/mol. The Labute approximate surface area is 375 Å². The van der Waals surface area contributed by atoms with E-state index < -0.39 is 17.7 Å². The molecule has 21 heteroatoms. The molecule has 2 atom stereocenters. The van der Waals surface area contributed by atoms with Gasteiger partial charge in [-0.05, 0) is 103 Å². The van der Waals surface area contributed by atoms with E-state index in [-0.39, 0.29) is 36.4 Å². The molecule has 0 bridgehead atoms. The van der Waals surface area contributed by atoms with Crippen LogP contribution in [0, 0.1) is 13.8 Å². The zero-order chi connectivity index (χ0) is 42.7. The molecule has 2 aliphatic rings. The van der Waals surface area contributed by atoms with Crippen molar-refractivity contribution in [2.75, 3.05) is 58.1 Å². The Kier molecular flexibility index (Phi) is 17.9. The maximum Gasteiger partial charge on any atom is 0.410 e. The molecule has 0 radical (unpaired) electrons. The number of hydrogen-bond acceptors (Lipinski definition) is 11. The van der Waals surface area contributed by atoms with Crippen molar-refractivity contribution < 1.29 is 19.1 Å². The van der Waals surface area contributed by atoms with Crippen LogP contribution in [0.2, 0.25) is 20.1 Å². The lowest BCUT2D eigenvalue weighted by Crippen LogP contribution is -2.47. The van der Waals surface area contributed by atoms with E-state index in [1.807, 2.05) is 40.7 Å². The van der Waals surface area contributed by atoms with E-state index in [0.717, 1.165) is 44.5 Å². The van der Waals surface area contributed by atoms with Gasteiger partial charge in [0.05, 0.1) is 20.1 Å². The van der Waals surface area contributed by atoms with Crippen LogP contribution >= 0.6 is 58.8 Å². The number of likely N-dealkylation sites (tertiary alicyclic amines) is 1.